The normalized spacial score (nSPS) is 20.0. The molecule has 0 amide bonds. The molecule has 1 saturated heterocycles. The quantitative estimate of drug-likeness (QED) is 0.916. The summed E-state index contributed by atoms with van der Waals surface area (Å²) in [4.78, 5) is 4.84. The number of hydrogen-bond donors (Lipinski definition) is 1. The molecule has 2 aromatic rings. The van der Waals surface area contributed by atoms with Crippen LogP contribution in [0.3, 0.4) is 0 Å². The first-order valence-corrected chi connectivity index (χ1v) is 7.45. The average Bonchev–Trinajstić information content (AvgIpc) is 2.76. The van der Waals surface area contributed by atoms with Crippen LogP contribution < -0.4 is 5.32 Å². The van der Waals surface area contributed by atoms with Crippen LogP contribution in [0.2, 0.25) is 0 Å². The lowest BCUT2D eigenvalue weighted by molar-refractivity contribution is 0.392. The molecule has 1 unspecified atom stereocenters. The van der Waals surface area contributed by atoms with E-state index in [-0.39, 0.29) is 0 Å². The summed E-state index contributed by atoms with van der Waals surface area (Å²) in [5.41, 5.74) is 3.77. The molecular weight excluding hydrogens is 234 g/mol. The lowest BCUT2D eigenvalue weighted by Crippen LogP contribution is -2.36. The highest BCUT2D eigenvalue weighted by Crippen LogP contribution is 2.19. The van der Waals surface area contributed by atoms with E-state index in [2.05, 4.69) is 42.1 Å². The van der Waals surface area contributed by atoms with Crippen LogP contribution in [0.4, 0.5) is 0 Å². The Kier molecular flexibility index (Phi) is 3.56. The van der Waals surface area contributed by atoms with E-state index in [1.54, 1.807) is 0 Å². The predicted octanol–water partition coefficient (Wildman–Crippen LogP) is 2.82. The molecule has 0 radical (unpaired) electrons. The van der Waals surface area contributed by atoms with Crippen LogP contribution in [0.25, 0.3) is 11.0 Å². The van der Waals surface area contributed by atoms with Gasteiger partial charge in [0.25, 0.3) is 0 Å². The molecule has 0 aliphatic carbocycles. The van der Waals surface area contributed by atoms with E-state index >= 15 is 0 Å². The number of piperidine rings is 1. The Balaban J connectivity index is 1.88. The Morgan fingerprint density at radius 1 is 1.37 bits per heavy atom. The standard InChI is InChI=1S/C16H23N3/c1-3-12-7-8-15-14(10-12)18-16(19(15)2)11-13-6-4-5-9-17-13/h7-8,10,13,17H,3-6,9,11H2,1-2H3. The van der Waals surface area contributed by atoms with Crippen molar-refractivity contribution >= 4 is 11.0 Å². The Hall–Kier alpha value is -1.35. The van der Waals surface area contributed by atoms with Crippen LogP contribution in [0.15, 0.2) is 18.2 Å². The van der Waals surface area contributed by atoms with Crippen molar-refractivity contribution in [3.63, 3.8) is 0 Å². The van der Waals surface area contributed by atoms with E-state index in [9.17, 15) is 0 Å². The minimum Gasteiger partial charge on any atom is -0.331 e. The van der Waals surface area contributed by atoms with Crippen molar-refractivity contribution < 1.29 is 0 Å². The summed E-state index contributed by atoms with van der Waals surface area (Å²) in [5.74, 6) is 1.21. The topological polar surface area (TPSA) is 29.9 Å². The number of nitrogens with one attached hydrogen (secondary N) is 1. The van der Waals surface area contributed by atoms with E-state index in [0.29, 0.717) is 6.04 Å². The smallest absolute Gasteiger partial charge is 0.111 e. The minimum atomic E-state index is 0.606. The van der Waals surface area contributed by atoms with Crippen LogP contribution in [-0.2, 0) is 19.9 Å². The highest BCUT2D eigenvalue weighted by molar-refractivity contribution is 5.76. The predicted molar refractivity (Wildman–Crippen MR) is 79.4 cm³/mol. The largest absolute Gasteiger partial charge is 0.331 e. The van der Waals surface area contributed by atoms with Gasteiger partial charge in [-0.2, -0.15) is 0 Å². The SMILES string of the molecule is CCc1ccc2c(c1)nc(CC1CCCCN1)n2C. The molecule has 3 rings (SSSR count). The van der Waals surface area contributed by atoms with Crippen LogP contribution in [0.5, 0.6) is 0 Å². The Morgan fingerprint density at radius 2 is 2.26 bits per heavy atom. The summed E-state index contributed by atoms with van der Waals surface area (Å²) >= 11 is 0. The number of benzene rings is 1. The Morgan fingerprint density at radius 3 is 3.00 bits per heavy atom. The van der Waals surface area contributed by atoms with Crippen molar-refractivity contribution in [1.29, 1.82) is 0 Å². The number of nitrogens with zero attached hydrogens (tertiary/aromatic N) is 2. The van der Waals surface area contributed by atoms with Crippen molar-refractivity contribution in [3.05, 3.63) is 29.6 Å². The van der Waals surface area contributed by atoms with Gasteiger partial charge in [-0.05, 0) is 43.5 Å². The molecule has 1 aromatic carbocycles. The molecule has 1 atom stereocenters. The molecule has 3 nitrogen and oxygen atoms in total. The third-order valence-electron chi connectivity index (χ3n) is 4.29. The summed E-state index contributed by atoms with van der Waals surface area (Å²) in [5, 5.41) is 3.61. The van der Waals surface area contributed by atoms with Gasteiger partial charge < -0.3 is 9.88 Å². The molecule has 0 saturated carbocycles. The van der Waals surface area contributed by atoms with E-state index in [0.717, 1.165) is 24.9 Å². The van der Waals surface area contributed by atoms with Gasteiger partial charge >= 0.3 is 0 Å². The molecular formula is C16H23N3. The summed E-state index contributed by atoms with van der Waals surface area (Å²) in [6.45, 7) is 3.35. The van der Waals surface area contributed by atoms with Gasteiger partial charge in [-0.3, -0.25) is 0 Å². The maximum absolute atomic E-state index is 4.84. The van der Waals surface area contributed by atoms with Gasteiger partial charge in [0.2, 0.25) is 0 Å². The molecule has 1 N–H and O–H groups in total. The van der Waals surface area contributed by atoms with Crippen LogP contribution >= 0.6 is 0 Å². The van der Waals surface area contributed by atoms with Gasteiger partial charge in [0.15, 0.2) is 0 Å². The average molecular weight is 257 g/mol. The molecule has 0 spiro atoms. The van der Waals surface area contributed by atoms with Crippen LogP contribution in [-0.4, -0.2) is 22.1 Å². The van der Waals surface area contributed by atoms with Gasteiger partial charge in [0.05, 0.1) is 11.0 Å². The van der Waals surface area contributed by atoms with E-state index in [1.165, 1.54) is 36.2 Å². The number of aromatic nitrogens is 2. The number of hydrogen-bond acceptors (Lipinski definition) is 2. The fourth-order valence-corrected chi connectivity index (χ4v) is 3.02. The molecule has 3 heteroatoms. The highest BCUT2D eigenvalue weighted by Gasteiger charge is 2.16. The monoisotopic (exact) mass is 257 g/mol. The van der Waals surface area contributed by atoms with Crippen molar-refractivity contribution in [2.45, 2.75) is 45.1 Å². The lowest BCUT2D eigenvalue weighted by atomic mass is 10.0. The molecule has 102 valence electrons. The molecule has 1 aliphatic heterocycles. The lowest BCUT2D eigenvalue weighted by Gasteiger charge is -2.22. The maximum atomic E-state index is 4.84. The first-order chi connectivity index (χ1) is 9.28. The van der Waals surface area contributed by atoms with Gasteiger partial charge in [0, 0.05) is 19.5 Å². The van der Waals surface area contributed by atoms with E-state index < -0.39 is 0 Å². The molecule has 0 bridgehead atoms. The Labute approximate surface area is 115 Å². The summed E-state index contributed by atoms with van der Waals surface area (Å²) in [6.07, 6.45) is 6.07. The third kappa shape index (κ3) is 2.52. The number of fused-ring (bicyclic) bond motifs is 1. The highest BCUT2D eigenvalue weighted by atomic mass is 15.1. The minimum absolute atomic E-state index is 0.606. The zero-order valence-electron chi connectivity index (χ0n) is 11.9. The van der Waals surface area contributed by atoms with Crippen LogP contribution in [0, 0.1) is 0 Å². The first kappa shape index (κ1) is 12.7. The fourth-order valence-electron chi connectivity index (χ4n) is 3.02. The van der Waals surface area contributed by atoms with Gasteiger partial charge in [0.1, 0.15) is 5.82 Å². The van der Waals surface area contributed by atoms with Crippen molar-refractivity contribution in [1.82, 2.24) is 14.9 Å². The molecule has 1 aliphatic rings. The second kappa shape index (κ2) is 5.33. The van der Waals surface area contributed by atoms with E-state index in [4.69, 9.17) is 4.98 Å². The van der Waals surface area contributed by atoms with Crippen molar-refractivity contribution in [3.8, 4) is 0 Å². The second-order valence-electron chi connectivity index (χ2n) is 5.61. The number of aryl methyl sites for hydroxylation is 2. The first-order valence-electron chi connectivity index (χ1n) is 7.45. The van der Waals surface area contributed by atoms with E-state index in [1.807, 2.05) is 0 Å². The summed E-state index contributed by atoms with van der Waals surface area (Å²) < 4.78 is 2.26. The van der Waals surface area contributed by atoms with Crippen molar-refractivity contribution in [2.75, 3.05) is 6.54 Å². The fraction of sp³-hybridized carbons (Fsp3) is 0.562. The molecule has 1 fully saturated rings. The van der Waals surface area contributed by atoms with Gasteiger partial charge in [-0.25, -0.2) is 4.98 Å². The van der Waals surface area contributed by atoms with Gasteiger partial charge in [-0.15, -0.1) is 0 Å². The second-order valence-corrected chi connectivity index (χ2v) is 5.61. The molecule has 1 aromatic heterocycles. The number of imidazole rings is 1. The van der Waals surface area contributed by atoms with Gasteiger partial charge in [-0.1, -0.05) is 19.4 Å². The van der Waals surface area contributed by atoms with Crippen molar-refractivity contribution in [2.24, 2.45) is 7.05 Å². The number of rotatable bonds is 3. The third-order valence-corrected chi connectivity index (χ3v) is 4.29. The molecule has 19 heavy (non-hydrogen) atoms. The Bertz CT molecular complexity index is 565. The zero-order chi connectivity index (χ0) is 13.2. The summed E-state index contributed by atoms with van der Waals surface area (Å²) in [7, 11) is 2.14. The zero-order valence-corrected chi connectivity index (χ0v) is 11.9. The molecule has 2 heterocycles. The maximum Gasteiger partial charge on any atom is 0.111 e. The summed E-state index contributed by atoms with van der Waals surface area (Å²) in [6, 6.07) is 7.26. The van der Waals surface area contributed by atoms with Crippen LogP contribution in [0.1, 0.15) is 37.6 Å².